The minimum atomic E-state index is -0.524. The Morgan fingerprint density at radius 2 is 2.00 bits per heavy atom. The average molecular weight is 303 g/mol. The minimum absolute atomic E-state index is 0.0424. The zero-order chi connectivity index (χ0) is 16.1. The quantitative estimate of drug-likeness (QED) is 0.897. The molecule has 0 aromatic heterocycles. The molecule has 118 valence electrons. The normalized spacial score (nSPS) is 16.7. The summed E-state index contributed by atoms with van der Waals surface area (Å²) in [7, 11) is 3.43. The Hall–Kier alpha value is -2.37. The number of amides is 2. The number of rotatable bonds is 5. The van der Waals surface area contributed by atoms with Gasteiger partial charge in [-0.15, -0.1) is 0 Å². The molecule has 6 heteroatoms. The van der Waals surface area contributed by atoms with Crippen LogP contribution in [0, 0.1) is 0 Å². The van der Waals surface area contributed by atoms with E-state index in [0.29, 0.717) is 18.5 Å². The van der Waals surface area contributed by atoms with E-state index >= 15 is 0 Å². The third-order valence-electron chi connectivity index (χ3n) is 3.50. The highest BCUT2D eigenvalue weighted by atomic mass is 16.6. The summed E-state index contributed by atoms with van der Waals surface area (Å²) in [5.41, 5.74) is 2.46. The zero-order valence-corrected chi connectivity index (χ0v) is 13.1. The fourth-order valence-corrected chi connectivity index (χ4v) is 2.10. The summed E-state index contributed by atoms with van der Waals surface area (Å²) in [4.78, 5) is 30.4. The lowest BCUT2D eigenvalue weighted by molar-refractivity contribution is -0.131. The lowest BCUT2D eigenvalue weighted by Gasteiger charge is -2.12. The van der Waals surface area contributed by atoms with Crippen LogP contribution in [0.3, 0.4) is 0 Å². The number of oxime groups is 1. The molecular weight excluding hydrogens is 282 g/mol. The van der Waals surface area contributed by atoms with Gasteiger partial charge in [0.2, 0.25) is 6.10 Å². The molecule has 0 fully saturated rings. The van der Waals surface area contributed by atoms with Gasteiger partial charge in [0.05, 0.1) is 5.71 Å². The van der Waals surface area contributed by atoms with Crippen LogP contribution in [0.2, 0.25) is 0 Å². The standard InChI is InChI=1S/C16H21N3O3/c1-4-13-9-14(22-18-13)15(20)17-10-11-5-7-12(8-6-11)16(21)19(2)3/h5-8,14H,4,9-10H2,1-3H3,(H,17,20). The molecule has 1 unspecified atom stereocenters. The van der Waals surface area contributed by atoms with E-state index in [1.165, 1.54) is 4.90 Å². The van der Waals surface area contributed by atoms with Gasteiger partial charge in [-0.3, -0.25) is 9.59 Å². The third-order valence-corrected chi connectivity index (χ3v) is 3.50. The molecule has 0 spiro atoms. The van der Waals surface area contributed by atoms with E-state index in [0.717, 1.165) is 17.7 Å². The van der Waals surface area contributed by atoms with Crippen molar-refractivity contribution in [3.8, 4) is 0 Å². The van der Waals surface area contributed by atoms with Crippen molar-refractivity contribution in [1.82, 2.24) is 10.2 Å². The highest BCUT2D eigenvalue weighted by Gasteiger charge is 2.26. The summed E-state index contributed by atoms with van der Waals surface area (Å²) in [6.45, 7) is 2.38. The van der Waals surface area contributed by atoms with Crippen LogP contribution in [0.5, 0.6) is 0 Å². The van der Waals surface area contributed by atoms with E-state index in [1.54, 1.807) is 26.2 Å². The third kappa shape index (κ3) is 3.84. The predicted molar refractivity (Wildman–Crippen MR) is 83.5 cm³/mol. The number of carbonyl (C=O) groups excluding carboxylic acids is 2. The summed E-state index contributed by atoms with van der Waals surface area (Å²) < 4.78 is 0. The van der Waals surface area contributed by atoms with Gasteiger partial charge in [-0.2, -0.15) is 0 Å². The highest BCUT2D eigenvalue weighted by molar-refractivity contribution is 5.94. The van der Waals surface area contributed by atoms with Crippen LogP contribution in [0.15, 0.2) is 29.4 Å². The molecule has 0 bridgehead atoms. The number of hydrogen-bond acceptors (Lipinski definition) is 4. The van der Waals surface area contributed by atoms with Crippen molar-refractivity contribution in [3.05, 3.63) is 35.4 Å². The van der Waals surface area contributed by atoms with Crippen molar-refractivity contribution in [1.29, 1.82) is 0 Å². The van der Waals surface area contributed by atoms with Crippen molar-refractivity contribution in [3.63, 3.8) is 0 Å². The molecule has 2 rings (SSSR count). The lowest BCUT2D eigenvalue weighted by Crippen LogP contribution is -2.34. The van der Waals surface area contributed by atoms with Crippen molar-refractivity contribution in [2.75, 3.05) is 14.1 Å². The first-order chi connectivity index (χ1) is 10.5. The molecule has 2 amide bonds. The molecule has 0 aliphatic carbocycles. The van der Waals surface area contributed by atoms with E-state index < -0.39 is 6.10 Å². The van der Waals surface area contributed by atoms with Crippen molar-refractivity contribution in [2.45, 2.75) is 32.4 Å². The van der Waals surface area contributed by atoms with Gasteiger partial charge in [0.1, 0.15) is 0 Å². The molecule has 1 aromatic rings. The zero-order valence-electron chi connectivity index (χ0n) is 13.1. The first kappa shape index (κ1) is 16.0. The van der Waals surface area contributed by atoms with E-state index in [1.807, 2.05) is 19.1 Å². The second-order valence-electron chi connectivity index (χ2n) is 5.42. The maximum Gasteiger partial charge on any atom is 0.264 e. The maximum absolute atomic E-state index is 12.0. The Labute approximate surface area is 130 Å². The molecule has 1 heterocycles. The molecule has 0 saturated carbocycles. The fraction of sp³-hybridized carbons (Fsp3) is 0.438. The Morgan fingerprint density at radius 3 is 2.55 bits per heavy atom. The molecule has 22 heavy (non-hydrogen) atoms. The van der Waals surface area contributed by atoms with Gasteiger partial charge < -0.3 is 15.1 Å². The second kappa shape index (κ2) is 7.06. The number of nitrogens with one attached hydrogen (secondary N) is 1. The average Bonchev–Trinajstić information content (AvgIpc) is 3.01. The lowest BCUT2D eigenvalue weighted by atomic mass is 10.1. The number of benzene rings is 1. The Morgan fingerprint density at radius 1 is 1.32 bits per heavy atom. The van der Waals surface area contributed by atoms with Crippen LogP contribution in [0.4, 0.5) is 0 Å². The number of nitrogens with zero attached hydrogens (tertiary/aromatic N) is 2. The number of carbonyl (C=O) groups is 2. The summed E-state index contributed by atoms with van der Waals surface area (Å²) in [5.74, 6) is -0.208. The Balaban J connectivity index is 1.85. The van der Waals surface area contributed by atoms with E-state index in [2.05, 4.69) is 10.5 Å². The predicted octanol–water partition coefficient (Wildman–Crippen LogP) is 1.56. The van der Waals surface area contributed by atoms with Crippen LogP contribution in [-0.4, -0.2) is 42.6 Å². The molecule has 1 aromatic carbocycles. The molecule has 1 N–H and O–H groups in total. The molecule has 0 saturated heterocycles. The highest BCUT2D eigenvalue weighted by Crippen LogP contribution is 2.13. The Kier molecular flexibility index (Phi) is 5.14. The molecule has 6 nitrogen and oxygen atoms in total. The van der Waals surface area contributed by atoms with E-state index in [9.17, 15) is 9.59 Å². The van der Waals surface area contributed by atoms with Crippen LogP contribution >= 0.6 is 0 Å². The van der Waals surface area contributed by atoms with Gasteiger partial charge in [-0.05, 0) is 24.1 Å². The van der Waals surface area contributed by atoms with Crippen molar-refractivity contribution in [2.24, 2.45) is 5.16 Å². The summed E-state index contributed by atoms with van der Waals surface area (Å²) in [6.07, 6.45) is 0.827. The van der Waals surface area contributed by atoms with Gasteiger partial charge in [-0.1, -0.05) is 24.2 Å². The van der Waals surface area contributed by atoms with Crippen molar-refractivity contribution >= 4 is 17.5 Å². The molecular formula is C16H21N3O3. The smallest absolute Gasteiger partial charge is 0.264 e. The maximum atomic E-state index is 12.0. The summed E-state index contributed by atoms with van der Waals surface area (Å²) in [6, 6.07) is 7.18. The number of hydrogen-bond donors (Lipinski definition) is 1. The molecule has 1 aliphatic heterocycles. The van der Waals surface area contributed by atoms with Crippen LogP contribution < -0.4 is 5.32 Å². The SMILES string of the molecule is CCC1=NOC(C(=O)NCc2ccc(C(=O)N(C)C)cc2)C1. The van der Waals surface area contributed by atoms with Crippen molar-refractivity contribution < 1.29 is 14.4 Å². The molecule has 1 aliphatic rings. The monoisotopic (exact) mass is 303 g/mol. The summed E-state index contributed by atoms with van der Waals surface area (Å²) >= 11 is 0. The largest absolute Gasteiger partial charge is 0.382 e. The topological polar surface area (TPSA) is 71.0 Å². The van der Waals surface area contributed by atoms with Gasteiger partial charge in [0, 0.05) is 32.6 Å². The minimum Gasteiger partial charge on any atom is -0.382 e. The second-order valence-corrected chi connectivity index (χ2v) is 5.42. The van der Waals surface area contributed by atoms with Gasteiger partial charge in [0.25, 0.3) is 11.8 Å². The van der Waals surface area contributed by atoms with Gasteiger partial charge in [-0.25, -0.2) is 0 Å². The van der Waals surface area contributed by atoms with Crippen LogP contribution in [0.1, 0.15) is 35.7 Å². The fourth-order valence-electron chi connectivity index (χ4n) is 2.10. The van der Waals surface area contributed by atoms with Crippen LogP contribution in [0.25, 0.3) is 0 Å². The first-order valence-corrected chi connectivity index (χ1v) is 7.31. The van der Waals surface area contributed by atoms with Crippen LogP contribution in [-0.2, 0) is 16.2 Å². The molecule has 0 radical (unpaired) electrons. The van der Waals surface area contributed by atoms with Gasteiger partial charge in [0.15, 0.2) is 0 Å². The Bertz CT molecular complexity index is 579. The first-order valence-electron chi connectivity index (χ1n) is 7.31. The molecule has 1 atom stereocenters. The van der Waals surface area contributed by atoms with Gasteiger partial charge >= 0.3 is 0 Å². The van der Waals surface area contributed by atoms with E-state index in [4.69, 9.17) is 4.84 Å². The van der Waals surface area contributed by atoms with E-state index in [-0.39, 0.29) is 11.8 Å². The summed E-state index contributed by atoms with van der Waals surface area (Å²) in [5, 5.41) is 6.70.